The molecule has 4 heteroatoms. The molecule has 0 bridgehead atoms. The van der Waals surface area contributed by atoms with E-state index in [2.05, 4.69) is 64.4 Å². The predicted molar refractivity (Wildman–Crippen MR) is 78.6 cm³/mol. The van der Waals surface area contributed by atoms with Crippen LogP contribution in [0.5, 0.6) is 0 Å². The van der Waals surface area contributed by atoms with Crippen LogP contribution < -0.4 is 0 Å². The Labute approximate surface area is 140 Å². The SMILES string of the molecule is C.CC(C)(C)CBr.[CH2-]C(C)(C)C.[Cl][Zn+].[H-].[H-].[Mg+2]. The zero-order valence-electron chi connectivity index (χ0n) is 12.6. The van der Waals surface area contributed by atoms with Gasteiger partial charge in [-0.2, -0.15) is 5.41 Å². The van der Waals surface area contributed by atoms with E-state index in [1.54, 1.807) is 0 Å². The molecule has 0 saturated heterocycles. The van der Waals surface area contributed by atoms with Crippen LogP contribution in [0.3, 0.4) is 0 Å². The van der Waals surface area contributed by atoms with Gasteiger partial charge in [0.15, 0.2) is 0 Å². The zero-order valence-corrected chi connectivity index (χ0v) is 17.3. The largest absolute Gasteiger partial charge is 2.00 e. The van der Waals surface area contributed by atoms with Crippen LogP contribution in [0.15, 0.2) is 0 Å². The molecular weight excluding hydrogens is 337 g/mol. The summed E-state index contributed by atoms with van der Waals surface area (Å²) in [7, 11) is 4.76. The van der Waals surface area contributed by atoms with Gasteiger partial charge in [-0.3, -0.25) is 0 Å². The molecule has 0 spiro atoms. The number of rotatable bonds is 0. The Morgan fingerprint density at radius 1 is 1.13 bits per heavy atom. The van der Waals surface area contributed by atoms with Crippen molar-refractivity contribution in [3.8, 4) is 0 Å². The van der Waals surface area contributed by atoms with Crippen LogP contribution in [0.4, 0.5) is 0 Å². The van der Waals surface area contributed by atoms with E-state index < -0.39 is 0 Å². The predicted octanol–water partition coefficient (Wildman–Crippen LogP) is 5.46. The summed E-state index contributed by atoms with van der Waals surface area (Å²) in [6.07, 6.45) is 0. The maximum atomic E-state index is 4.76. The summed E-state index contributed by atoms with van der Waals surface area (Å²) in [5, 5.41) is 1.08. The quantitative estimate of drug-likeness (QED) is 0.304. The van der Waals surface area contributed by atoms with E-state index >= 15 is 0 Å². The number of halogens is 2. The van der Waals surface area contributed by atoms with Crippen LogP contribution in [-0.4, -0.2) is 28.4 Å². The van der Waals surface area contributed by atoms with Crippen molar-refractivity contribution < 1.29 is 20.2 Å². The molecule has 0 aliphatic carbocycles. The molecule has 0 aromatic carbocycles. The van der Waals surface area contributed by atoms with E-state index in [0.29, 0.717) is 5.41 Å². The molecule has 0 nitrogen and oxygen atoms in total. The van der Waals surface area contributed by atoms with Gasteiger partial charge >= 0.3 is 50.1 Å². The molecule has 0 aliphatic heterocycles. The van der Waals surface area contributed by atoms with E-state index in [1.807, 2.05) is 0 Å². The summed E-state index contributed by atoms with van der Waals surface area (Å²) in [5.74, 6) is 0. The minimum absolute atomic E-state index is 0. The maximum absolute atomic E-state index is 4.76. The molecule has 15 heavy (non-hydrogen) atoms. The van der Waals surface area contributed by atoms with Crippen LogP contribution in [0.25, 0.3) is 0 Å². The van der Waals surface area contributed by atoms with Crippen LogP contribution in [0.1, 0.15) is 51.8 Å². The minimum atomic E-state index is 0. The van der Waals surface area contributed by atoms with E-state index in [9.17, 15) is 0 Å². The summed E-state index contributed by atoms with van der Waals surface area (Å²) in [4.78, 5) is 0. The molecular formula is C11H28BrClMgZn. The smallest absolute Gasteiger partial charge is 1.00 e. The normalized spacial score (nSPS) is 9.27. The average molecular weight is 365 g/mol. The molecule has 0 radical (unpaired) electrons. The van der Waals surface area contributed by atoms with Crippen LogP contribution >= 0.6 is 25.6 Å². The van der Waals surface area contributed by atoms with Crippen molar-refractivity contribution in [2.45, 2.75) is 49.0 Å². The van der Waals surface area contributed by atoms with E-state index in [-0.39, 0.29) is 38.7 Å². The Morgan fingerprint density at radius 2 is 1.20 bits per heavy atom. The van der Waals surface area contributed by atoms with Crippen molar-refractivity contribution in [3.63, 3.8) is 0 Å². The molecule has 0 aromatic heterocycles. The molecule has 0 saturated carbocycles. The topological polar surface area (TPSA) is 0 Å². The maximum Gasteiger partial charge on any atom is 2.00 e. The average Bonchev–Trinajstić information content (AvgIpc) is 1.87. The molecule has 0 N–H and O–H groups in total. The molecule has 0 aromatic rings. The van der Waals surface area contributed by atoms with Crippen molar-refractivity contribution in [1.29, 1.82) is 0 Å². The molecule has 0 atom stereocenters. The third-order valence-electron chi connectivity index (χ3n) is 0.401. The van der Waals surface area contributed by atoms with Gasteiger partial charge in [0.25, 0.3) is 0 Å². The van der Waals surface area contributed by atoms with Crippen LogP contribution in [0.2, 0.25) is 0 Å². The van der Waals surface area contributed by atoms with Gasteiger partial charge in [-0.25, -0.2) is 0 Å². The second kappa shape index (κ2) is 16.2. The van der Waals surface area contributed by atoms with Crippen molar-refractivity contribution in [1.82, 2.24) is 0 Å². The fourth-order valence-electron chi connectivity index (χ4n) is 0. The van der Waals surface area contributed by atoms with Gasteiger partial charge in [-0.05, 0) is 5.41 Å². The van der Waals surface area contributed by atoms with Gasteiger partial charge in [0.1, 0.15) is 0 Å². The van der Waals surface area contributed by atoms with Gasteiger partial charge in [0.2, 0.25) is 0 Å². The Morgan fingerprint density at radius 3 is 1.20 bits per heavy atom. The molecule has 0 aliphatic rings. The monoisotopic (exact) mass is 362 g/mol. The van der Waals surface area contributed by atoms with Gasteiger partial charge in [0.05, 0.1) is 0 Å². The standard InChI is InChI=1S/C5H11Br.C5H11.CH4.ClH.Mg.Zn.2H/c1-5(2,3)4-6;1-5(2,3)4;;;;;;/h4H2,1-3H3;1H2,2-4H3;1H4;1H;;;;/q;-1;;;2*+2;2*-1/p-1. The fourth-order valence-corrected chi connectivity index (χ4v) is 0. The van der Waals surface area contributed by atoms with Crippen molar-refractivity contribution in [2.75, 3.05) is 5.33 Å². The Kier molecular flexibility index (Phi) is 32.6. The summed E-state index contributed by atoms with van der Waals surface area (Å²) in [6, 6.07) is 0. The summed E-state index contributed by atoms with van der Waals surface area (Å²) < 4.78 is 0. The first kappa shape index (κ1) is 30.3. The van der Waals surface area contributed by atoms with Gasteiger partial charge in [-0.1, -0.05) is 64.9 Å². The Balaban J connectivity index is -0.0000000171. The van der Waals surface area contributed by atoms with Crippen molar-refractivity contribution in [3.05, 3.63) is 6.92 Å². The molecule has 0 fully saturated rings. The second-order valence-electron chi connectivity index (χ2n) is 5.25. The summed E-state index contributed by atoms with van der Waals surface area (Å²) >= 11 is 4.22. The van der Waals surface area contributed by atoms with Gasteiger partial charge < -0.3 is 9.78 Å². The van der Waals surface area contributed by atoms with Crippen molar-refractivity contribution in [2.24, 2.45) is 10.8 Å². The van der Waals surface area contributed by atoms with E-state index in [1.165, 1.54) is 0 Å². The number of hydrogen-bond donors (Lipinski definition) is 0. The molecule has 0 unspecified atom stereocenters. The summed E-state index contributed by atoms with van der Waals surface area (Å²) in [6.45, 7) is 16.6. The van der Waals surface area contributed by atoms with E-state index in [0.717, 1.165) is 22.6 Å². The molecule has 0 heterocycles. The van der Waals surface area contributed by atoms with Crippen molar-refractivity contribution >= 4 is 48.7 Å². The fraction of sp³-hybridized carbons (Fsp3) is 0.909. The van der Waals surface area contributed by atoms with Gasteiger partial charge in [0, 0.05) is 5.33 Å². The first-order chi connectivity index (χ1) is 5.56. The number of alkyl halides is 1. The second-order valence-corrected chi connectivity index (χ2v) is 5.82. The van der Waals surface area contributed by atoms with Gasteiger partial charge in [-0.15, -0.1) is 0 Å². The van der Waals surface area contributed by atoms with Crippen LogP contribution in [-0.2, 0) is 17.3 Å². The molecule has 0 rings (SSSR count). The first-order valence-electron chi connectivity index (χ1n) is 4.24. The minimum Gasteiger partial charge on any atom is -1.00 e. The van der Waals surface area contributed by atoms with Crippen LogP contribution in [0, 0.1) is 17.8 Å². The third kappa shape index (κ3) is 122. The molecule has 90 valence electrons. The zero-order chi connectivity index (χ0) is 11.7. The Hall–Kier alpha value is 2.16. The van der Waals surface area contributed by atoms with E-state index in [4.69, 9.17) is 9.69 Å². The first-order valence-corrected chi connectivity index (χ1v) is 9.26. The molecule has 0 amide bonds. The Bertz CT molecular complexity index is 101. The third-order valence-corrected chi connectivity index (χ3v) is 2.08. The summed E-state index contributed by atoms with van der Waals surface area (Å²) in [5.41, 5.74) is 0.708. The number of hydrogen-bond acceptors (Lipinski definition) is 0.